The largest absolute Gasteiger partial charge is 0.508 e. The second kappa shape index (κ2) is 6.19. The second-order valence-corrected chi connectivity index (χ2v) is 3.38. The SMILES string of the molecule is NC(=O)OCCNC(=O)c1cc(O)ccc1[N+](=O)[O-]. The third kappa shape index (κ3) is 4.15. The van der Waals surface area contributed by atoms with Gasteiger partial charge in [0.05, 0.1) is 11.5 Å². The van der Waals surface area contributed by atoms with Gasteiger partial charge in [0.15, 0.2) is 0 Å². The Morgan fingerprint density at radius 3 is 2.74 bits per heavy atom. The Morgan fingerprint density at radius 1 is 1.47 bits per heavy atom. The number of nitro groups is 1. The van der Waals surface area contributed by atoms with Gasteiger partial charge in [0, 0.05) is 6.07 Å². The number of hydrogen-bond donors (Lipinski definition) is 3. The van der Waals surface area contributed by atoms with Crippen molar-refractivity contribution in [1.29, 1.82) is 0 Å². The standard InChI is InChI=1S/C10H11N3O6/c11-10(16)19-4-3-12-9(15)7-5-6(14)1-2-8(7)13(17)18/h1-2,5,14H,3-4H2,(H2,11,16)(H,12,15). The first-order valence-corrected chi connectivity index (χ1v) is 5.09. The maximum Gasteiger partial charge on any atom is 0.404 e. The van der Waals surface area contributed by atoms with E-state index in [0.717, 1.165) is 18.2 Å². The fraction of sp³-hybridized carbons (Fsp3) is 0.200. The summed E-state index contributed by atoms with van der Waals surface area (Å²) in [6.45, 7) is -0.220. The van der Waals surface area contributed by atoms with Crippen molar-refractivity contribution in [2.24, 2.45) is 5.73 Å². The minimum absolute atomic E-state index is 0.0609. The molecule has 102 valence electrons. The Kier molecular flexibility index (Phi) is 4.63. The van der Waals surface area contributed by atoms with Crippen molar-refractivity contribution in [3.63, 3.8) is 0 Å². The molecule has 0 aliphatic heterocycles. The number of phenolic OH excluding ortho intramolecular Hbond substituents is 1. The Morgan fingerprint density at radius 2 is 2.16 bits per heavy atom. The van der Waals surface area contributed by atoms with Gasteiger partial charge in [0.1, 0.15) is 17.9 Å². The normalized spacial score (nSPS) is 9.68. The number of nitrogens with zero attached hydrogens (tertiary/aromatic N) is 1. The fourth-order valence-corrected chi connectivity index (χ4v) is 1.28. The summed E-state index contributed by atoms with van der Waals surface area (Å²) in [6, 6.07) is 3.09. The number of rotatable bonds is 5. The first kappa shape index (κ1) is 14.2. The Balaban J connectivity index is 2.73. The van der Waals surface area contributed by atoms with Crippen LogP contribution in [0.25, 0.3) is 0 Å². The number of carbonyl (C=O) groups is 2. The summed E-state index contributed by atoms with van der Waals surface area (Å²) in [5.41, 5.74) is 3.98. The minimum atomic E-state index is -0.988. The van der Waals surface area contributed by atoms with Crippen LogP contribution in [-0.2, 0) is 4.74 Å². The number of aromatic hydroxyl groups is 1. The van der Waals surface area contributed by atoms with Crippen LogP contribution in [0.2, 0.25) is 0 Å². The zero-order valence-electron chi connectivity index (χ0n) is 9.66. The van der Waals surface area contributed by atoms with E-state index in [9.17, 15) is 24.8 Å². The molecule has 0 unspecified atom stereocenters. The van der Waals surface area contributed by atoms with Gasteiger partial charge in [-0.3, -0.25) is 14.9 Å². The smallest absolute Gasteiger partial charge is 0.404 e. The van der Waals surface area contributed by atoms with Crippen molar-refractivity contribution in [3.8, 4) is 5.75 Å². The lowest BCUT2D eigenvalue weighted by molar-refractivity contribution is -0.385. The molecule has 0 aliphatic carbocycles. The molecule has 4 N–H and O–H groups in total. The molecule has 0 saturated carbocycles. The van der Waals surface area contributed by atoms with Gasteiger partial charge in [-0.1, -0.05) is 0 Å². The van der Waals surface area contributed by atoms with Gasteiger partial charge in [-0.2, -0.15) is 0 Å². The van der Waals surface area contributed by atoms with Crippen LogP contribution in [0.15, 0.2) is 18.2 Å². The molecular formula is C10H11N3O6. The zero-order valence-corrected chi connectivity index (χ0v) is 9.66. The van der Waals surface area contributed by atoms with Crippen LogP contribution in [0.3, 0.4) is 0 Å². The van der Waals surface area contributed by atoms with E-state index < -0.39 is 22.6 Å². The van der Waals surface area contributed by atoms with E-state index in [-0.39, 0.29) is 24.5 Å². The van der Waals surface area contributed by atoms with Gasteiger partial charge < -0.3 is 20.9 Å². The third-order valence-electron chi connectivity index (χ3n) is 2.05. The van der Waals surface area contributed by atoms with Crippen LogP contribution < -0.4 is 11.1 Å². The molecule has 9 heteroatoms. The van der Waals surface area contributed by atoms with E-state index in [1.54, 1.807) is 0 Å². The highest BCUT2D eigenvalue weighted by molar-refractivity contribution is 5.98. The highest BCUT2D eigenvalue weighted by Crippen LogP contribution is 2.22. The van der Waals surface area contributed by atoms with Gasteiger partial charge >= 0.3 is 6.09 Å². The van der Waals surface area contributed by atoms with E-state index in [0.29, 0.717) is 0 Å². The van der Waals surface area contributed by atoms with Crippen LogP contribution in [0.4, 0.5) is 10.5 Å². The number of amides is 2. The number of nitro benzene ring substituents is 1. The summed E-state index contributed by atoms with van der Waals surface area (Å²) >= 11 is 0. The molecule has 1 aromatic rings. The summed E-state index contributed by atoms with van der Waals surface area (Å²) < 4.78 is 4.37. The molecular weight excluding hydrogens is 258 g/mol. The lowest BCUT2D eigenvalue weighted by atomic mass is 10.1. The van der Waals surface area contributed by atoms with Gasteiger partial charge in [0.25, 0.3) is 11.6 Å². The van der Waals surface area contributed by atoms with E-state index in [4.69, 9.17) is 5.73 Å². The molecule has 9 nitrogen and oxygen atoms in total. The predicted octanol–water partition coefficient (Wildman–Crippen LogP) is 0.126. The maximum absolute atomic E-state index is 11.7. The lowest BCUT2D eigenvalue weighted by Crippen LogP contribution is -2.29. The molecule has 2 amide bonds. The highest BCUT2D eigenvalue weighted by Gasteiger charge is 2.20. The first-order valence-electron chi connectivity index (χ1n) is 5.09. The molecule has 19 heavy (non-hydrogen) atoms. The summed E-state index contributed by atoms with van der Waals surface area (Å²) in [5, 5.41) is 22.2. The summed E-state index contributed by atoms with van der Waals surface area (Å²) in [6.07, 6.45) is -0.988. The summed E-state index contributed by atoms with van der Waals surface area (Å²) in [4.78, 5) is 31.9. The second-order valence-electron chi connectivity index (χ2n) is 3.38. The van der Waals surface area contributed by atoms with Crippen LogP contribution in [-0.4, -0.2) is 35.2 Å². The quantitative estimate of drug-likeness (QED) is 0.393. The van der Waals surface area contributed by atoms with E-state index in [1.165, 1.54) is 0 Å². The molecule has 0 saturated heterocycles. The Labute approximate surface area is 107 Å². The number of hydrogen-bond acceptors (Lipinski definition) is 6. The number of phenols is 1. The van der Waals surface area contributed by atoms with Crippen molar-refractivity contribution in [1.82, 2.24) is 5.32 Å². The Hall–Kier alpha value is -2.84. The molecule has 0 bridgehead atoms. The maximum atomic E-state index is 11.7. The van der Waals surface area contributed by atoms with Gasteiger partial charge in [-0.05, 0) is 12.1 Å². The zero-order chi connectivity index (χ0) is 14.4. The van der Waals surface area contributed by atoms with Gasteiger partial charge in [-0.15, -0.1) is 0 Å². The average Bonchev–Trinajstić information content (AvgIpc) is 2.33. The number of nitrogens with one attached hydrogen (secondary N) is 1. The molecule has 0 aromatic heterocycles. The van der Waals surface area contributed by atoms with Crippen LogP contribution in [0.5, 0.6) is 5.75 Å². The van der Waals surface area contributed by atoms with Crippen molar-refractivity contribution in [2.75, 3.05) is 13.2 Å². The van der Waals surface area contributed by atoms with E-state index >= 15 is 0 Å². The molecule has 0 radical (unpaired) electrons. The first-order chi connectivity index (χ1) is 8.91. The van der Waals surface area contributed by atoms with Crippen LogP contribution in [0.1, 0.15) is 10.4 Å². The average molecular weight is 269 g/mol. The number of ether oxygens (including phenoxy) is 1. The molecule has 0 atom stereocenters. The molecule has 1 aromatic carbocycles. The number of benzene rings is 1. The number of carbonyl (C=O) groups excluding carboxylic acids is 2. The topological polar surface area (TPSA) is 145 Å². The van der Waals surface area contributed by atoms with Crippen molar-refractivity contribution < 1.29 is 24.4 Å². The number of primary amides is 1. The monoisotopic (exact) mass is 269 g/mol. The van der Waals surface area contributed by atoms with Crippen molar-refractivity contribution in [2.45, 2.75) is 0 Å². The Bertz CT molecular complexity index is 516. The van der Waals surface area contributed by atoms with Crippen LogP contribution >= 0.6 is 0 Å². The van der Waals surface area contributed by atoms with Crippen LogP contribution in [0, 0.1) is 10.1 Å². The third-order valence-corrected chi connectivity index (χ3v) is 2.05. The minimum Gasteiger partial charge on any atom is -0.508 e. The van der Waals surface area contributed by atoms with Crippen molar-refractivity contribution in [3.05, 3.63) is 33.9 Å². The molecule has 0 fully saturated rings. The fourth-order valence-electron chi connectivity index (χ4n) is 1.28. The lowest BCUT2D eigenvalue weighted by Gasteiger charge is -2.06. The molecule has 0 heterocycles. The van der Waals surface area contributed by atoms with Gasteiger partial charge in [0.2, 0.25) is 0 Å². The molecule has 0 spiro atoms. The van der Waals surface area contributed by atoms with E-state index in [2.05, 4.69) is 10.1 Å². The van der Waals surface area contributed by atoms with E-state index in [1.807, 2.05) is 0 Å². The van der Waals surface area contributed by atoms with Crippen molar-refractivity contribution >= 4 is 17.7 Å². The highest BCUT2D eigenvalue weighted by atomic mass is 16.6. The summed E-state index contributed by atoms with van der Waals surface area (Å²) in [7, 11) is 0. The molecule has 1 rings (SSSR count). The van der Waals surface area contributed by atoms with Gasteiger partial charge in [-0.25, -0.2) is 4.79 Å². The molecule has 0 aliphatic rings. The predicted molar refractivity (Wildman–Crippen MR) is 62.6 cm³/mol. The summed E-state index contributed by atoms with van der Waals surface area (Å²) in [5.74, 6) is -1.04. The number of nitrogens with two attached hydrogens (primary N) is 1.